The normalized spacial score (nSPS) is 11.5. The van der Waals surface area contributed by atoms with E-state index in [-0.39, 0.29) is 0 Å². The van der Waals surface area contributed by atoms with Crippen LogP contribution in [0.4, 0.5) is 17.1 Å². The Kier molecular flexibility index (Phi) is 6.65. The van der Waals surface area contributed by atoms with Gasteiger partial charge in [-0.1, -0.05) is 107 Å². The molecule has 0 bridgehead atoms. The fourth-order valence-electron chi connectivity index (χ4n) is 7.00. The molecule has 0 amide bonds. The zero-order chi connectivity index (χ0) is 31.3. The van der Waals surface area contributed by atoms with Gasteiger partial charge in [0.2, 0.25) is 0 Å². The largest absolute Gasteiger partial charge is 0.311 e. The first-order valence-electron chi connectivity index (χ1n) is 15.9. The second-order valence-electron chi connectivity index (χ2n) is 12.0. The van der Waals surface area contributed by atoms with E-state index in [0.29, 0.717) is 0 Å². The molecule has 0 N–H and O–H groups in total. The van der Waals surface area contributed by atoms with E-state index >= 15 is 0 Å². The highest BCUT2D eigenvalue weighted by molar-refractivity contribution is 9.10. The van der Waals surface area contributed by atoms with Crippen molar-refractivity contribution in [3.05, 3.63) is 180 Å². The molecule has 9 aromatic rings. The molecular formula is C44H29BrN2. The van der Waals surface area contributed by atoms with Crippen LogP contribution in [0, 0.1) is 0 Å². The molecule has 9 rings (SSSR count). The first-order chi connectivity index (χ1) is 23.2. The minimum absolute atomic E-state index is 1.08. The second kappa shape index (κ2) is 11.3. The SMILES string of the molecule is Brc1ccc(-c2cc3ccc4cc(-c5ccc(N(c6ccccc6)c6ccccc6)cc5)cc5c4c3c(c2)n5-c2ccccc2)cc1. The third-order valence-electron chi connectivity index (χ3n) is 9.15. The topological polar surface area (TPSA) is 8.17 Å². The minimum atomic E-state index is 1.08. The molecular weight excluding hydrogens is 636 g/mol. The Bertz CT molecular complexity index is 2440. The van der Waals surface area contributed by atoms with E-state index in [9.17, 15) is 0 Å². The summed E-state index contributed by atoms with van der Waals surface area (Å²) in [5, 5.41) is 5.13. The number of para-hydroxylation sites is 3. The average molecular weight is 666 g/mol. The van der Waals surface area contributed by atoms with Crippen molar-refractivity contribution < 1.29 is 0 Å². The predicted molar refractivity (Wildman–Crippen MR) is 203 cm³/mol. The van der Waals surface area contributed by atoms with Gasteiger partial charge in [-0.3, -0.25) is 0 Å². The Balaban J connectivity index is 1.22. The summed E-state index contributed by atoms with van der Waals surface area (Å²) in [6, 6.07) is 63.4. The Morgan fingerprint density at radius 2 is 0.809 bits per heavy atom. The molecule has 0 radical (unpaired) electrons. The van der Waals surface area contributed by atoms with E-state index in [1.54, 1.807) is 0 Å². The van der Waals surface area contributed by atoms with Gasteiger partial charge in [-0.25, -0.2) is 0 Å². The number of halogens is 1. The molecule has 47 heavy (non-hydrogen) atoms. The summed E-state index contributed by atoms with van der Waals surface area (Å²) >= 11 is 3.60. The van der Waals surface area contributed by atoms with E-state index in [1.165, 1.54) is 54.8 Å². The van der Waals surface area contributed by atoms with Crippen LogP contribution in [0.25, 0.3) is 60.5 Å². The lowest BCUT2D eigenvalue weighted by atomic mass is 9.95. The van der Waals surface area contributed by atoms with Crippen molar-refractivity contribution in [3.63, 3.8) is 0 Å². The molecule has 1 aromatic heterocycles. The molecule has 0 saturated carbocycles. The zero-order valence-corrected chi connectivity index (χ0v) is 27.1. The fourth-order valence-corrected chi connectivity index (χ4v) is 7.27. The third kappa shape index (κ3) is 4.79. The monoisotopic (exact) mass is 664 g/mol. The third-order valence-corrected chi connectivity index (χ3v) is 9.68. The summed E-state index contributed by atoms with van der Waals surface area (Å²) < 4.78 is 3.53. The standard InChI is InChI=1S/C44H29BrN2/c45-36-22-18-30(19-23-36)34-26-32-16-17-33-27-35(29-42-44(33)43(32)41(28-34)47(42)39-14-8-3-9-15-39)31-20-24-40(25-21-31)46(37-10-4-1-5-11-37)38-12-6-2-7-13-38/h1-29H. The average Bonchev–Trinajstić information content (AvgIpc) is 3.47. The van der Waals surface area contributed by atoms with Crippen molar-refractivity contribution in [1.29, 1.82) is 0 Å². The summed E-state index contributed by atoms with van der Waals surface area (Å²) in [5.74, 6) is 0. The van der Waals surface area contributed by atoms with Crippen LogP contribution >= 0.6 is 15.9 Å². The van der Waals surface area contributed by atoms with Crippen LogP contribution in [0.3, 0.4) is 0 Å². The fraction of sp³-hybridized carbons (Fsp3) is 0. The maximum Gasteiger partial charge on any atom is 0.0553 e. The zero-order valence-electron chi connectivity index (χ0n) is 25.5. The lowest BCUT2D eigenvalue weighted by Gasteiger charge is -2.25. The highest BCUT2D eigenvalue weighted by Crippen LogP contribution is 2.43. The molecule has 222 valence electrons. The molecule has 8 aromatic carbocycles. The number of anilines is 3. The van der Waals surface area contributed by atoms with Gasteiger partial charge < -0.3 is 9.47 Å². The number of rotatable bonds is 6. The number of nitrogens with zero attached hydrogens (tertiary/aromatic N) is 2. The van der Waals surface area contributed by atoms with Crippen LogP contribution in [-0.4, -0.2) is 4.57 Å². The van der Waals surface area contributed by atoms with E-state index < -0.39 is 0 Å². The minimum Gasteiger partial charge on any atom is -0.311 e. The molecule has 0 saturated heterocycles. The highest BCUT2D eigenvalue weighted by atomic mass is 79.9. The van der Waals surface area contributed by atoms with Gasteiger partial charge in [0.05, 0.1) is 11.0 Å². The van der Waals surface area contributed by atoms with Crippen molar-refractivity contribution in [2.24, 2.45) is 0 Å². The maximum atomic E-state index is 3.60. The van der Waals surface area contributed by atoms with Crippen LogP contribution in [-0.2, 0) is 0 Å². The first-order valence-corrected chi connectivity index (χ1v) is 16.7. The van der Waals surface area contributed by atoms with E-state index in [2.05, 4.69) is 201 Å². The van der Waals surface area contributed by atoms with Crippen LogP contribution in [0.15, 0.2) is 180 Å². The van der Waals surface area contributed by atoms with E-state index in [1.807, 2.05) is 0 Å². The van der Waals surface area contributed by atoms with Gasteiger partial charge in [-0.15, -0.1) is 0 Å². The summed E-state index contributed by atoms with van der Waals surface area (Å²) in [6.07, 6.45) is 0. The highest BCUT2D eigenvalue weighted by Gasteiger charge is 2.20. The molecule has 0 aliphatic carbocycles. The molecule has 1 heterocycles. The second-order valence-corrected chi connectivity index (χ2v) is 12.9. The molecule has 0 atom stereocenters. The van der Waals surface area contributed by atoms with Crippen molar-refractivity contribution in [3.8, 4) is 27.9 Å². The molecule has 0 spiro atoms. The van der Waals surface area contributed by atoms with Crippen molar-refractivity contribution in [2.45, 2.75) is 0 Å². The summed E-state index contributed by atoms with van der Waals surface area (Å²) in [6.45, 7) is 0. The summed E-state index contributed by atoms with van der Waals surface area (Å²) in [4.78, 5) is 2.30. The van der Waals surface area contributed by atoms with Gasteiger partial charge in [0, 0.05) is 38.0 Å². The van der Waals surface area contributed by atoms with E-state index in [4.69, 9.17) is 0 Å². The first kappa shape index (κ1) is 27.7. The van der Waals surface area contributed by atoms with Crippen LogP contribution in [0.2, 0.25) is 0 Å². The van der Waals surface area contributed by atoms with Crippen molar-refractivity contribution in [1.82, 2.24) is 4.57 Å². The Morgan fingerprint density at radius 3 is 1.30 bits per heavy atom. The number of hydrogen-bond acceptors (Lipinski definition) is 1. The predicted octanol–water partition coefficient (Wildman–Crippen LogP) is 12.9. The van der Waals surface area contributed by atoms with Gasteiger partial charge >= 0.3 is 0 Å². The number of aromatic nitrogens is 1. The quantitative estimate of drug-likeness (QED) is 0.161. The Morgan fingerprint density at radius 1 is 0.383 bits per heavy atom. The number of hydrogen-bond donors (Lipinski definition) is 0. The summed E-state index contributed by atoms with van der Waals surface area (Å²) in [7, 11) is 0. The molecule has 0 aliphatic rings. The summed E-state index contributed by atoms with van der Waals surface area (Å²) in [5.41, 5.74) is 11.8. The lowest BCUT2D eigenvalue weighted by Crippen LogP contribution is -2.09. The molecule has 2 nitrogen and oxygen atoms in total. The molecule has 0 aliphatic heterocycles. The maximum absolute atomic E-state index is 3.60. The van der Waals surface area contributed by atoms with Crippen LogP contribution < -0.4 is 4.90 Å². The van der Waals surface area contributed by atoms with Gasteiger partial charge in [0.15, 0.2) is 0 Å². The lowest BCUT2D eigenvalue weighted by molar-refractivity contribution is 1.18. The Labute approximate surface area is 282 Å². The molecule has 0 unspecified atom stereocenters. The van der Waals surface area contributed by atoms with Gasteiger partial charge in [-0.2, -0.15) is 0 Å². The van der Waals surface area contributed by atoms with E-state index in [0.717, 1.165) is 27.2 Å². The number of benzene rings is 8. The molecule has 0 fully saturated rings. The Hall–Kier alpha value is -5.64. The van der Waals surface area contributed by atoms with Crippen LogP contribution in [0.1, 0.15) is 0 Å². The van der Waals surface area contributed by atoms with Crippen LogP contribution in [0.5, 0.6) is 0 Å². The van der Waals surface area contributed by atoms with Gasteiger partial charge in [-0.05, 0) is 118 Å². The van der Waals surface area contributed by atoms with Crippen molar-refractivity contribution >= 4 is 65.6 Å². The van der Waals surface area contributed by atoms with Gasteiger partial charge in [0.1, 0.15) is 0 Å². The molecule has 3 heteroatoms. The van der Waals surface area contributed by atoms with Gasteiger partial charge in [0.25, 0.3) is 0 Å². The smallest absolute Gasteiger partial charge is 0.0553 e. The van der Waals surface area contributed by atoms with Crippen molar-refractivity contribution in [2.75, 3.05) is 4.90 Å².